The number of imidazole rings is 1. The Morgan fingerprint density at radius 2 is 2.26 bits per heavy atom. The maximum atomic E-state index is 12.0. The largest absolute Gasteiger partial charge is 0.355 e. The molecule has 0 aromatic carbocycles. The van der Waals surface area contributed by atoms with Gasteiger partial charge in [-0.3, -0.25) is 4.79 Å². The predicted octanol–water partition coefficient (Wildman–Crippen LogP) is 1.19. The number of aromatic nitrogens is 2. The van der Waals surface area contributed by atoms with Gasteiger partial charge >= 0.3 is 0 Å². The number of carbonyl (C=O) groups excluding carboxylic acids is 1. The maximum Gasteiger partial charge on any atom is 0.224 e. The number of piperidine rings is 1. The molecule has 1 aromatic heterocycles. The third kappa shape index (κ3) is 4.67. The van der Waals surface area contributed by atoms with Crippen LogP contribution in [0.4, 0.5) is 0 Å². The van der Waals surface area contributed by atoms with E-state index < -0.39 is 0 Å². The highest BCUT2D eigenvalue weighted by atomic mass is 16.1. The Balaban J connectivity index is 1.64. The first-order chi connectivity index (χ1) is 9.25. The zero-order valence-electron chi connectivity index (χ0n) is 11.7. The lowest BCUT2D eigenvalue weighted by Crippen LogP contribution is -2.40. The minimum absolute atomic E-state index is 0.0645. The van der Waals surface area contributed by atoms with Crippen LogP contribution < -0.4 is 5.32 Å². The molecule has 1 aliphatic rings. The number of amides is 1. The Kier molecular flexibility index (Phi) is 5.39. The van der Waals surface area contributed by atoms with Crippen molar-refractivity contribution in [3.63, 3.8) is 0 Å². The Labute approximate surface area is 114 Å². The molecule has 1 saturated heterocycles. The van der Waals surface area contributed by atoms with Gasteiger partial charge in [0, 0.05) is 37.8 Å². The number of hydrogen-bond acceptors (Lipinski definition) is 3. The van der Waals surface area contributed by atoms with Crippen LogP contribution in [0.5, 0.6) is 0 Å². The summed E-state index contributed by atoms with van der Waals surface area (Å²) in [5, 5.41) is 2.98. The number of nitrogens with zero attached hydrogens (tertiary/aromatic N) is 2. The number of carbonyl (C=O) groups is 1. The second-order valence-electron chi connectivity index (χ2n) is 5.34. The van der Waals surface area contributed by atoms with Crippen molar-refractivity contribution in [2.75, 3.05) is 26.2 Å². The standard InChI is InChI=1S/C14H24N4O/c1-12(11-18-9-3-2-4-10-18)14(19)17-6-5-13-15-7-8-16-13/h7-8,12H,2-6,9-11H2,1H3,(H,15,16)(H,17,19)/t12-/m0/s1. The molecule has 19 heavy (non-hydrogen) atoms. The van der Waals surface area contributed by atoms with E-state index in [2.05, 4.69) is 20.2 Å². The summed E-state index contributed by atoms with van der Waals surface area (Å²) < 4.78 is 0. The molecular weight excluding hydrogens is 240 g/mol. The van der Waals surface area contributed by atoms with Gasteiger partial charge in [-0.1, -0.05) is 13.3 Å². The number of aromatic amines is 1. The van der Waals surface area contributed by atoms with Crippen LogP contribution in [0.15, 0.2) is 12.4 Å². The first-order valence-corrected chi connectivity index (χ1v) is 7.24. The van der Waals surface area contributed by atoms with Crippen LogP contribution >= 0.6 is 0 Å². The highest BCUT2D eigenvalue weighted by Gasteiger charge is 2.18. The van der Waals surface area contributed by atoms with E-state index in [0.29, 0.717) is 6.54 Å². The molecule has 5 heteroatoms. The van der Waals surface area contributed by atoms with Gasteiger partial charge in [0.05, 0.1) is 0 Å². The van der Waals surface area contributed by atoms with Gasteiger partial charge in [0.2, 0.25) is 5.91 Å². The number of hydrogen-bond donors (Lipinski definition) is 2. The van der Waals surface area contributed by atoms with Gasteiger partial charge in [0.1, 0.15) is 5.82 Å². The lowest BCUT2D eigenvalue weighted by atomic mass is 10.1. The van der Waals surface area contributed by atoms with Crippen LogP contribution in [-0.4, -0.2) is 47.0 Å². The summed E-state index contributed by atoms with van der Waals surface area (Å²) in [4.78, 5) is 21.6. The molecule has 2 heterocycles. The van der Waals surface area contributed by atoms with E-state index in [9.17, 15) is 4.79 Å². The molecule has 0 spiro atoms. The van der Waals surface area contributed by atoms with Crippen molar-refractivity contribution in [2.24, 2.45) is 5.92 Å². The van der Waals surface area contributed by atoms with Gasteiger partial charge in [0.15, 0.2) is 0 Å². The first kappa shape index (κ1) is 14.1. The van der Waals surface area contributed by atoms with E-state index in [-0.39, 0.29) is 11.8 Å². The van der Waals surface area contributed by atoms with Gasteiger partial charge in [0.25, 0.3) is 0 Å². The van der Waals surface area contributed by atoms with Crippen LogP contribution in [0, 0.1) is 5.92 Å². The smallest absolute Gasteiger partial charge is 0.224 e. The number of rotatable bonds is 6. The molecule has 2 N–H and O–H groups in total. The Morgan fingerprint density at radius 3 is 2.95 bits per heavy atom. The third-order valence-corrected chi connectivity index (χ3v) is 3.64. The van der Waals surface area contributed by atoms with E-state index >= 15 is 0 Å². The summed E-state index contributed by atoms with van der Waals surface area (Å²) in [6, 6.07) is 0. The van der Waals surface area contributed by atoms with E-state index in [1.165, 1.54) is 19.3 Å². The van der Waals surface area contributed by atoms with Crippen molar-refractivity contribution in [3.8, 4) is 0 Å². The van der Waals surface area contributed by atoms with Crippen molar-refractivity contribution >= 4 is 5.91 Å². The van der Waals surface area contributed by atoms with Crippen molar-refractivity contribution in [3.05, 3.63) is 18.2 Å². The highest BCUT2D eigenvalue weighted by Crippen LogP contribution is 2.10. The summed E-state index contributed by atoms with van der Waals surface area (Å²) in [5.74, 6) is 1.14. The molecule has 106 valence electrons. The maximum absolute atomic E-state index is 12.0. The molecule has 2 rings (SSSR count). The van der Waals surface area contributed by atoms with E-state index in [1.807, 2.05) is 6.92 Å². The predicted molar refractivity (Wildman–Crippen MR) is 74.8 cm³/mol. The summed E-state index contributed by atoms with van der Waals surface area (Å²) in [5.41, 5.74) is 0. The van der Waals surface area contributed by atoms with Gasteiger partial charge in [-0.15, -0.1) is 0 Å². The zero-order valence-corrected chi connectivity index (χ0v) is 11.7. The monoisotopic (exact) mass is 264 g/mol. The number of H-pyrrole nitrogens is 1. The molecule has 5 nitrogen and oxygen atoms in total. The fourth-order valence-electron chi connectivity index (χ4n) is 2.53. The molecular formula is C14H24N4O. The highest BCUT2D eigenvalue weighted by molar-refractivity contribution is 5.78. The fraction of sp³-hybridized carbons (Fsp3) is 0.714. The normalized spacial score (nSPS) is 18.2. The lowest BCUT2D eigenvalue weighted by Gasteiger charge is -2.28. The second-order valence-corrected chi connectivity index (χ2v) is 5.34. The number of nitrogens with one attached hydrogen (secondary N) is 2. The van der Waals surface area contributed by atoms with E-state index in [4.69, 9.17) is 0 Å². The quantitative estimate of drug-likeness (QED) is 0.811. The molecule has 0 aliphatic carbocycles. The SMILES string of the molecule is C[C@@H](CN1CCCCC1)C(=O)NCCc1ncc[nH]1. The topological polar surface area (TPSA) is 61.0 Å². The second kappa shape index (κ2) is 7.28. The summed E-state index contributed by atoms with van der Waals surface area (Å²) in [7, 11) is 0. The molecule has 1 aliphatic heterocycles. The third-order valence-electron chi connectivity index (χ3n) is 3.64. The molecule has 0 saturated carbocycles. The Bertz CT molecular complexity index is 371. The van der Waals surface area contributed by atoms with Gasteiger partial charge in [-0.2, -0.15) is 0 Å². The van der Waals surface area contributed by atoms with Crippen LogP contribution in [0.25, 0.3) is 0 Å². The van der Waals surface area contributed by atoms with Crippen LogP contribution in [0.3, 0.4) is 0 Å². The van der Waals surface area contributed by atoms with Gasteiger partial charge < -0.3 is 15.2 Å². The summed E-state index contributed by atoms with van der Waals surface area (Å²) >= 11 is 0. The van der Waals surface area contributed by atoms with Gasteiger partial charge in [-0.05, 0) is 25.9 Å². The molecule has 1 fully saturated rings. The van der Waals surface area contributed by atoms with E-state index in [1.54, 1.807) is 12.4 Å². The average Bonchev–Trinajstić information content (AvgIpc) is 2.93. The molecule has 1 amide bonds. The molecule has 0 unspecified atom stereocenters. The molecule has 1 aromatic rings. The Hall–Kier alpha value is -1.36. The fourth-order valence-corrected chi connectivity index (χ4v) is 2.53. The van der Waals surface area contributed by atoms with Crippen molar-refractivity contribution in [2.45, 2.75) is 32.6 Å². The lowest BCUT2D eigenvalue weighted by molar-refractivity contribution is -0.125. The minimum Gasteiger partial charge on any atom is -0.355 e. The van der Waals surface area contributed by atoms with Crippen LogP contribution in [0.1, 0.15) is 32.0 Å². The van der Waals surface area contributed by atoms with E-state index in [0.717, 1.165) is 31.9 Å². The number of likely N-dealkylation sites (tertiary alicyclic amines) is 1. The van der Waals surface area contributed by atoms with Crippen molar-refractivity contribution in [1.82, 2.24) is 20.2 Å². The molecule has 0 radical (unpaired) electrons. The van der Waals surface area contributed by atoms with Crippen LogP contribution in [-0.2, 0) is 11.2 Å². The molecule has 0 bridgehead atoms. The van der Waals surface area contributed by atoms with Gasteiger partial charge in [-0.25, -0.2) is 4.98 Å². The van der Waals surface area contributed by atoms with Crippen LogP contribution in [0.2, 0.25) is 0 Å². The minimum atomic E-state index is 0.0645. The summed E-state index contributed by atoms with van der Waals surface area (Å²) in [6.07, 6.45) is 8.17. The summed E-state index contributed by atoms with van der Waals surface area (Å²) in [6.45, 7) is 5.83. The average molecular weight is 264 g/mol. The molecule has 1 atom stereocenters. The van der Waals surface area contributed by atoms with Crippen molar-refractivity contribution in [1.29, 1.82) is 0 Å². The first-order valence-electron chi connectivity index (χ1n) is 7.24. The van der Waals surface area contributed by atoms with Crippen molar-refractivity contribution < 1.29 is 4.79 Å². The Morgan fingerprint density at radius 1 is 1.47 bits per heavy atom. The zero-order chi connectivity index (χ0) is 13.5.